The van der Waals surface area contributed by atoms with E-state index in [1.54, 1.807) is 11.1 Å². The molecule has 5 heteroatoms. The Balaban J connectivity index is 1.62. The summed E-state index contributed by atoms with van der Waals surface area (Å²) in [5.41, 5.74) is 0.916. The van der Waals surface area contributed by atoms with Crippen molar-refractivity contribution in [3.8, 4) is 5.75 Å². The zero-order valence-electron chi connectivity index (χ0n) is 11.1. The molecule has 1 aromatic carbocycles. The van der Waals surface area contributed by atoms with Gasteiger partial charge in [0.1, 0.15) is 5.75 Å². The number of morpholine rings is 1. The van der Waals surface area contributed by atoms with Gasteiger partial charge in [-0.05, 0) is 12.1 Å². The van der Waals surface area contributed by atoms with Crippen LogP contribution in [0.4, 0.5) is 0 Å². The van der Waals surface area contributed by atoms with Crippen LogP contribution in [0.3, 0.4) is 0 Å². The Hall–Kier alpha value is -2.14. The molecule has 5 nitrogen and oxygen atoms in total. The highest BCUT2D eigenvalue weighted by molar-refractivity contribution is 5.80. The molecule has 1 aromatic heterocycles. The molecule has 3 rings (SSSR count). The fourth-order valence-electron chi connectivity index (χ4n) is 2.18. The fourth-order valence-corrected chi connectivity index (χ4v) is 2.18. The number of fused-ring (bicyclic) bond motifs is 1. The maximum Gasteiger partial charge on any atom is 0.260 e. The average molecular weight is 272 g/mol. The molecule has 0 atom stereocenters. The third-order valence-electron chi connectivity index (χ3n) is 3.29. The van der Waals surface area contributed by atoms with E-state index in [1.165, 1.54) is 0 Å². The molecule has 2 heterocycles. The number of aromatic nitrogens is 1. The number of amides is 1. The molecule has 20 heavy (non-hydrogen) atoms. The summed E-state index contributed by atoms with van der Waals surface area (Å²) in [6.07, 6.45) is 1.65. The molecule has 0 N–H and O–H groups in total. The van der Waals surface area contributed by atoms with Crippen molar-refractivity contribution in [1.29, 1.82) is 0 Å². The molecule has 1 aliphatic rings. The lowest BCUT2D eigenvalue weighted by Gasteiger charge is -2.26. The van der Waals surface area contributed by atoms with Gasteiger partial charge in [0.25, 0.3) is 5.91 Å². The minimum atomic E-state index is -0.0125. The summed E-state index contributed by atoms with van der Waals surface area (Å²) >= 11 is 0. The Labute approximate surface area is 117 Å². The summed E-state index contributed by atoms with van der Waals surface area (Å²) in [4.78, 5) is 18.0. The van der Waals surface area contributed by atoms with E-state index in [0.29, 0.717) is 32.1 Å². The molecule has 0 bridgehead atoms. The zero-order chi connectivity index (χ0) is 13.8. The number of nitrogens with zero attached hydrogens (tertiary/aromatic N) is 2. The third kappa shape index (κ3) is 2.88. The lowest BCUT2D eigenvalue weighted by Crippen LogP contribution is -2.42. The van der Waals surface area contributed by atoms with Gasteiger partial charge in [-0.15, -0.1) is 0 Å². The highest BCUT2D eigenvalue weighted by Gasteiger charge is 2.17. The smallest absolute Gasteiger partial charge is 0.260 e. The molecule has 2 aromatic rings. The van der Waals surface area contributed by atoms with Crippen molar-refractivity contribution in [2.24, 2.45) is 0 Å². The van der Waals surface area contributed by atoms with E-state index < -0.39 is 0 Å². The Morgan fingerprint density at radius 2 is 2.10 bits per heavy atom. The van der Waals surface area contributed by atoms with E-state index in [0.717, 1.165) is 10.9 Å². The van der Waals surface area contributed by atoms with Gasteiger partial charge < -0.3 is 14.4 Å². The van der Waals surface area contributed by atoms with Crippen LogP contribution >= 0.6 is 0 Å². The molecule has 0 aliphatic carbocycles. The summed E-state index contributed by atoms with van der Waals surface area (Å²) in [5, 5.41) is 1.00. The molecule has 0 unspecified atom stereocenters. The van der Waals surface area contributed by atoms with E-state index in [-0.39, 0.29) is 12.5 Å². The fraction of sp³-hybridized carbons (Fsp3) is 0.333. The summed E-state index contributed by atoms with van der Waals surface area (Å²) in [5.74, 6) is 0.603. The summed E-state index contributed by atoms with van der Waals surface area (Å²) in [6, 6.07) is 9.70. The van der Waals surface area contributed by atoms with Crippen LogP contribution in [0.2, 0.25) is 0 Å². The van der Waals surface area contributed by atoms with Crippen molar-refractivity contribution in [3.05, 3.63) is 36.5 Å². The number of benzene rings is 1. The number of para-hydroxylation sites is 1. The van der Waals surface area contributed by atoms with Gasteiger partial charge >= 0.3 is 0 Å². The third-order valence-corrected chi connectivity index (χ3v) is 3.29. The van der Waals surface area contributed by atoms with Crippen LogP contribution in [0.15, 0.2) is 36.5 Å². The average Bonchev–Trinajstić information content (AvgIpc) is 2.53. The normalized spacial score (nSPS) is 15.3. The van der Waals surface area contributed by atoms with Crippen LogP contribution in [-0.4, -0.2) is 48.7 Å². The highest BCUT2D eigenvalue weighted by atomic mass is 16.5. The second-order valence-corrected chi connectivity index (χ2v) is 4.65. The van der Waals surface area contributed by atoms with Gasteiger partial charge in [0.15, 0.2) is 6.61 Å². The number of carbonyl (C=O) groups excluding carboxylic acids is 1. The topological polar surface area (TPSA) is 51.7 Å². The lowest BCUT2D eigenvalue weighted by molar-refractivity contribution is -0.137. The minimum absolute atomic E-state index is 0.0125. The van der Waals surface area contributed by atoms with Crippen LogP contribution in [0.1, 0.15) is 0 Å². The Morgan fingerprint density at radius 1 is 1.30 bits per heavy atom. The molecule has 1 fully saturated rings. The summed E-state index contributed by atoms with van der Waals surface area (Å²) < 4.78 is 10.8. The molecule has 1 aliphatic heterocycles. The number of rotatable bonds is 3. The second kappa shape index (κ2) is 5.88. The SMILES string of the molecule is O=C(COc1cnc2ccccc2c1)N1CCOCC1. The first-order valence-corrected chi connectivity index (χ1v) is 6.66. The summed E-state index contributed by atoms with van der Waals surface area (Å²) in [7, 11) is 0. The van der Waals surface area contributed by atoms with Crippen LogP contribution in [0.25, 0.3) is 10.9 Å². The van der Waals surface area contributed by atoms with Crippen molar-refractivity contribution >= 4 is 16.8 Å². The van der Waals surface area contributed by atoms with Gasteiger partial charge in [-0.2, -0.15) is 0 Å². The number of pyridine rings is 1. The van der Waals surface area contributed by atoms with Crippen molar-refractivity contribution in [1.82, 2.24) is 9.88 Å². The van der Waals surface area contributed by atoms with Crippen LogP contribution < -0.4 is 4.74 Å². The lowest BCUT2D eigenvalue weighted by atomic mass is 10.2. The zero-order valence-corrected chi connectivity index (χ0v) is 11.1. The van der Waals surface area contributed by atoms with Crippen molar-refractivity contribution in [2.75, 3.05) is 32.9 Å². The van der Waals surface area contributed by atoms with Gasteiger partial charge in [0.2, 0.25) is 0 Å². The molecular formula is C15H16N2O3. The molecule has 1 amide bonds. The Morgan fingerprint density at radius 3 is 2.95 bits per heavy atom. The molecule has 1 saturated heterocycles. The first kappa shape index (κ1) is 12.9. The standard InChI is InChI=1S/C15H16N2O3/c18-15(17-5-7-19-8-6-17)11-20-13-9-12-3-1-2-4-14(12)16-10-13/h1-4,9-10H,5-8,11H2. The summed E-state index contributed by atoms with van der Waals surface area (Å²) in [6.45, 7) is 2.52. The first-order valence-electron chi connectivity index (χ1n) is 6.66. The van der Waals surface area contributed by atoms with Crippen LogP contribution in [0, 0.1) is 0 Å². The number of ether oxygens (including phenoxy) is 2. The van der Waals surface area contributed by atoms with Crippen molar-refractivity contribution in [2.45, 2.75) is 0 Å². The monoisotopic (exact) mass is 272 g/mol. The maximum absolute atomic E-state index is 12.0. The van der Waals surface area contributed by atoms with Gasteiger partial charge in [0.05, 0.1) is 24.9 Å². The second-order valence-electron chi connectivity index (χ2n) is 4.65. The van der Waals surface area contributed by atoms with Crippen molar-refractivity contribution < 1.29 is 14.3 Å². The quantitative estimate of drug-likeness (QED) is 0.849. The van der Waals surface area contributed by atoms with E-state index >= 15 is 0 Å². The highest BCUT2D eigenvalue weighted by Crippen LogP contribution is 2.17. The van der Waals surface area contributed by atoms with Crippen LogP contribution in [-0.2, 0) is 9.53 Å². The van der Waals surface area contributed by atoms with E-state index in [1.807, 2.05) is 30.3 Å². The molecule has 0 radical (unpaired) electrons. The maximum atomic E-state index is 12.0. The number of hydrogen-bond acceptors (Lipinski definition) is 4. The van der Waals surface area contributed by atoms with Gasteiger partial charge in [-0.25, -0.2) is 0 Å². The predicted octanol–water partition coefficient (Wildman–Crippen LogP) is 1.47. The first-order chi connectivity index (χ1) is 9.83. The predicted molar refractivity (Wildman–Crippen MR) is 74.6 cm³/mol. The molecular weight excluding hydrogens is 256 g/mol. The Kier molecular flexibility index (Phi) is 3.78. The van der Waals surface area contributed by atoms with Crippen molar-refractivity contribution in [3.63, 3.8) is 0 Å². The van der Waals surface area contributed by atoms with E-state index in [2.05, 4.69) is 4.98 Å². The minimum Gasteiger partial charge on any atom is -0.482 e. The number of hydrogen-bond donors (Lipinski definition) is 0. The molecule has 0 saturated carbocycles. The van der Waals surface area contributed by atoms with Gasteiger partial charge in [-0.3, -0.25) is 9.78 Å². The van der Waals surface area contributed by atoms with Crippen LogP contribution in [0.5, 0.6) is 5.75 Å². The molecule has 0 spiro atoms. The molecule has 104 valence electrons. The van der Waals surface area contributed by atoms with Gasteiger partial charge in [-0.1, -0.05) is 18.2 Å². The Bertz CT molecular complexity index is 609. The van der Waals surface area contributed by atoms with Gasteiger partial charge in [0, 0.05) is 18.5 Å². The largest absolute Gasteiger partial charge is 0.482 e. The number of carbonyl (C=O) groups is 1. The van der Waals surface area contributed by atoms with E-state index in [4.69, 9.17) is 9.47 Å². The van der Waals surface area contributed by atoms with E-state index in [9.17, 15) is 4.79 Å².